The van der Waals surface area contributed by atoms with E-state index < -0.39 is 0 Å². The molecule has 0 aliphatic heterocycles. The standard InChI is InChI=1S/C13H19NO3/c1-8-9(2)17-14-12(8)10-4-6-11(7-5-10)13(15)16-3/h10-11H,4-7H2,1-3H3/t10-,11-. The van der Waals surface area contributed by atoms with Gasteiger partial charge in [0.1, 0.15) is 5.76 Å². The SMILES string of the molecule is COC(=O)[C@H]1CC[C@H](c2noc(C)c2C)CC1. The average molecular weight is 237 g/mol. The van der Waals surface area contributed by atoms with Crippen molar-refractivity contribution in [3.63, 3.8) is 0 Å². The maximum absolute atomic E-state index is 11.4. The highest BCUT2D eigenvalue weighted by molar-refractivity contribution is 5.72. The molecule has 4 heteroatoms. The molecule has 0 amide bonds. The smallest absolute Gasteiger partial charge is 0.308 e. The predicted molar refractivity (Wildman–Crippen MR) is 62.7 cm³/mol. The number of ether oxygens (including phenoxy) is 1. The Labute approximate surface area is 101 Å². The predicted octanol–water partition coefficient (Wildman–Crippen LogP) is 2.74. The molecule has 1 fully saturated rings. The van der Waals surface area contributed by atoms with Gasteiger partial charge in [-0.3, -0.25) is 4.79 Å². The van der Waals surface area contributed by atoms with E-state index in [1.807, 2.05) is 13.8 Å². The highest BCUT2D eigenvalue weighted by Crippen LogP contribution is 2.37. The van der Waals surface area contributed by atoms with Gasteiger partial charge in [-0.1, -0.05) is 5.16 Å². The van der Waals surface area contributed by atoms with E-state index in [-0.39, 0.29) is 11.9 Å². The number of nitrogens with zero attached hydrogens (tertiary/aromatic N) is 1. The maximum atomic E-state index is 11.4. The monoisotopic (exact) mass is 237 g/mol. The Bertz CT molecular complexity index is 403. The molecule has 0 radical (unpaired) electrons. The lowest BCUT2D eigenvalue weighted by Crippen LogP contribution is -2.22. The van der Waals surface area contributed by atoms with Crippen molar-refractivity contribution >= 4 is 5.97 Å². The maximum Gasteiger partial charge on any atom is 0.308 e. The Morgan fingerprint density at radius 1 is 1.29 bits per heavy atom. The molecule has 2 rings (SSSR count). The second-order valence-electron chi connectivity index (χ2n) is 4.82. The molecule has 0 unspecified atom stereocenters. The third kappa shape index (κ3) is 2.35. The summed E-state index contributed by atoms with van der Waals surface area (Å²) >= 11 is 0. The van der Waals surface area contributed by atoms with Crippen LogP contribution < -0.4 is 0 Å². The number of aryl methyl sites for hydroxylation is 1. The fraction of sp³-hybridized carbons (Fsp3) is 0.692. The summed E-state index contributed by atoms with van der Waals surface area (Å²) in [5.74, 6) is 1.34. The van der Waals surface area contributed by atoms with Crippen LogP contribution in [0.15, 0.2) is 4.52 Å². The van der Waals surface area contributed by atoms with Gasteiger partial charge < -0.3 is 9.26 Å². The molecule has 1 heterocycles. The van der Waals surface area contributed by atoms with Crippen LogP contribution in [0.5, 0.6) is 0 Å². The summed E-state index contributed by atoms with van der Waals surface area (Å²) in [6, 6.07) is 0. The summed E-state index contributed by atoms with van der Waals surface area (Å²) in [5, 5.41) is 4.14. The van der Waals surface area contributed by atoms with Crippen molar-refractivity contribution in [2.75, 3.05) is 7.11 Å². The fourth-order valence-electron chi connectivity index (χ4n) is 2.58. The lowest BCUT2D eigenvalue weighted by molar-refractivity contribution is -0.146. The lowest BCUT2D eigenvalue weighted by atomic mass is 9.79. The molecule has 94 valence electrons. The summed E-state index contributed by atoms with van der Waals surface area (Å²) in [5.41, 5.74) is 2.23. The largest absolute Gasteiger partial charge is 0.469 e. The molecule has 0 saturated heterocycles. The number of methoxy groups -OCH3 is 1. The van der Waals surface area contributed by atoms with Crippen molar-refractivity contribution in [2.45, 2.75) is 45.4 Å². The number of hydrogen-bond acceptors (Lipinski definition) is 4. The van der Waals surface area contributed by atoms with E-state index in [9.17, 15) is 4.79 Å². The summed E-state index contributed by atoms with van der Waals surface area (Å²) < 4.78 is 9.99. The fourth-order valence-corrected chi connectivity index (χ4v) is 2.58. The van der Waals surface area contributed by atoms with Crippen LogP contribution in [0.3, 0.4) is 0 Å². The first-order valence-corrected chi connectivity index (χ1v) is 6.14. The topological polar surface area (TPSA) is 52.3 Å². The van der Waals surface area contributed by atoms with Gasteiger partial charge in [-0.05, 0) is 39.5 Å². The summed E-state index contributed by atoms with van der Waals surface area (Å²) in [7, 11) is 1.46. The van der Waals surface area contributed by atoms with Crippen molar-refractivity contribution in [2.24, 2.45) is 5.92 Å². The minimum absolute atomic E-state index is 0.0727. The number of carbonyl (C=O) groups excluding carboxylic acids is 1. The van der Waals surface area contributed by atoms with E-state index in [1.54, 1.807) is 0 Å². The van der Waals surface area contributed by atoms with Crippen LogP contribution in [-0.4, -0.2) is 18.2 Å². The molecule has 0 bridgehead atoms. The number of carbonyl (C=O) groups is 1. The van der Waals surface area contributed by atoms with Crippen LogP contribution in [0.4, 0.5) is 0 Å². The summed E-state index contributed by atoms with van der Waals surface area (Å²) in [4.78, 5) is 11.4. The molecule has 4 nitrogen and oxygen atoms in total. The quantitative estimate of drug-likeness (QED) is 0.742. The molecule has 0 atom stereocenters. The minimum atomic E-state index is -0.0727. The van der Waals surface area contributed by atoms with Gasteiger partial charge in [0, 0.05) is 11.5 Å². The molecule has 1 aliphatic carbocycles. The minimum Gasteiger partial charge on any atom is -0.469 e. The molecule has 17 heavy (non-hydrogen) atoms. The molecule has 1 aromatic heterocycles. The number of esters is 1. The summed E-state index contributed by atoms with van der Waals surface area (Å²) in [6.07, 6.45) is 3.77. The zero-order chi connectivity index (χ0) is 12.4. The van der Waals surface area contributed by atoms with Gasteiger partial charge in [-0.15, -0.1) is 0 Å². The first-order chi connectivity index (χ1) is 8.13. The Morgan fingerprint density at radius 3 is 2.41 bits per heavy atom. The van der Waals surface area contributed by atoms with Crippen molar-refractivity contribution in [1.29, 1.82) is 0 Å². The van der Waals surface area contributed by atoms with Gasteiger partial charge in [0.2, 0.25) is 0 Å². The van der Waals surface area contributed by atoms with Gasteiger partial charge in [0.15, 0.2) is 0 Å². The second-order valence-corrected chi connectivity index (χ2v) is 4.82. The normalized spacial score (nSPS) is 24.6. The van der Waals surface area contributed by atoms with Gasteiger partial charge in [-0.2, -0.15) is 0 Å². The highest BCUT2D eigenvalue weighted by atomic mass is 16.5. The first-order valence-electron chi connectivity index (χ1n) is 6.14. The second kappa shape index (κ2) is 4.90. The molecule has 1 aliphatic rings. The zero-order valence-electron chi connectivity index (χ0n) is 10.7. The molecular weight excluding hydrogens is 218 g/mol. The van der Waals surface area contributed by atoms with Gasteiger partial charge in [0.05, 0.1) is 18.7 Å². The number of aromatic nitrogens is 1. The molecule has 0 spiro atoms. The molecule has 1 saturated carbocycles. The Morgan fingerprint density at radius 2 is 1.94 bits per heavy atom. The van der Waals surface area contributed by atoms with E-state index in [4.69, 9.17) is 9.26 Å². The van der Waals surface area contributed by atoms with E-state index >= 15 is 0 Å². The van der Waals surface area contributed by atoms with Crippen LogP contribution >= 0.6 is 0 Å². The van der Waals surface area contributed by atoms with E-state index in [0.717, 1.165) is 42.7 Å². The van der Waals surface area contributed by atoms with Crippen molar-refractivity contribution in [3.05, 3.63) is 17.0 Å². The average Bonchev–Trinajstić information content (AvgIpc) is 2.69. The van der Waals surface area contributed by atoms with E-state index in [1.165, 1.54) is 7.11 Å². The number of rotatable bonds is 2. The molecular formula is C13H19NO3. The third-order valence-electron chi connectivity index (χ3n) is 3.84. The van der Waals surface area contributed by atoms with E-state index in [2.05, 4.69) is 5.16 Å². The number of hydrogen-bond donors (Lipinski definition) is 0. The lowest BCUT2D eigenvalue weighted by Gasteiger charge is -2.25. The molecule has 1 aromatic rings. The zero-order valence-corrected chi connectivity index (χ0v) is 10.7. The van der Waals surface area contributed by atoms with Crippen LogP contribution in [0, 0.1) is 19.8 Å². The third-order valence-corrected chi connectivity index (χ3v) is 3.84. The molecule has 0 N–H and O–H groups in total. The van der Waals surface area contributed by atoms with Crippen LogP contribution in [0.1, 0.15) is 48.6 Å². The molecule has 0 aromatic carbocycles. The van der Waals surface area contributed by atoms with Crippen LogP contribution in [0.2, 0.25) is 0 Å². The van der Waals surface area contributed by atoms with Crippen molar-refractivity contribution in [1.82, 2.24) is 5.16 Å². The van der Waals surface area contributed by atoms with Gasteiger partial charge in [0.25, 0.3) is 0 Å². The van der Waals surface area contributed by atoms with Gasteiger partial charge >= 0.3 is 5.97 Å². The van der Waals surface area contributed by atoms with E-state index in [0.29, 0.717) is 5.92 Å². The Balaban J connectivity index is 2.00. The first kappa shape index (κ1) is 12.1. The van der Waals surface area contributed by atoms with Gasteiger partial charge in [-0.25, -0.2) is 0 Å². The Hall–Kier alpha value is -1.32. The van der Waals surface area contributed by atoms with Crippen molar-refractivity contribution in [3.8, 4) is 0 Å². The van der Waals surface area contributed by atoms with Crippen LogP contribution in [-0.2, 0) is 9.53 Å². The summed E-state index contributed by atoms with van der Waals surface area (Å²) in [6.45, 7) is 3.99. The van der Waals surface area contributed by atoms with Crippen LogP contribution in [0.25, 0.3) is 0 Å². The Kier molecular flexibility index (Phi) is 3.50. The highest BCUT2D eigenvalue weighted by Gasteiger charge is 2.30. The van der Waals surface area contributed by atoms with Crippen molar-refractivity contribution < 1.29 is 14.1 Å².